The summed E-state index contributed by atoms with van der Waals surface area (Å²) < 4.78 is 0.913. The molecule has 1 aliphatic rings. The molecule has 0 saturated heterocycles. The number of amides is 2. The van der Waals surface area contributed by atoms with Gasteiger partial charge in [-0.25, -0.2) is 0 Å². The van der Waals surface area contributed by atoms with Gasteiger partial charge in [-0.2, -0.15) is 0 Å². The van der Waals surface area contributed by atoms with Crippen LogP contribution < -0.4 is 5.32 Å². The van der Waals surface area contributed by atoms with Gasteiger partial charge >= 0.3 is 0 Å². The molecule has 1 fully saturated rings. The van der Waals surface area contributed by atoms with Crippen LogP contribution in [0.3, 0.4) is 0 Å². The summed E-state index contributed by atoms with van der Waals surface area (Å²) in [6, 6.07) is 7.66. The second-order valence-electron chi connectivity index (χ2n) is 5.50. The van der Waals surface area contributed by atoms with E-state index in [0.717, 1.165) is 35.8 Å². The van der Waals surface area contributed by atoms with Crippen molar-refractivity contribution in [3.8, 4) is 0 Å². The predicted molar refractivity (Wildman–Crippen MR) is 87.0 cm³/mol. The minimum absolute atomic E-state index is 0.0220. The molecule has 2 amide bonds. The molecular formula is C16H21BrN2O2. The molecule has 0 aliphatic heterocycles. The SMILES string of the molecule is CC(=O)N(CC(=O)Nc1cccc(Br)c1)C1CCCCC1. The Kier molecular flexibility index (Phi) is 5.79. The topological polar surface area (TPSA) is 49.4 Å². The van der Waals surface area contributed by atoms with Crippen molar-refractivity contribution >= 4 is 33.4 Å². The minimum Gasteiger partial charge on any atom is -0.331 e. The number of carbonyl (C=O) groups excluding carboxylic acids is 2. The highest BCUT2D eigenvalue weighted by atomic mass is 79.9. The molecule has 1 aromatic rings. The van der Waals surface area contributed by atoms with Gasteiger partial charge in [0.15, 0.2) is 0 Å². The average Bonchev–Trinajstić information content (AvgIpc) is 2.45. The molecule has 0 spiro atoms. The van der Waals surface area contributed by atoms with Crippen LogP contribution in [0.15, 0.2) is 28.7 Å². The Hall–Kier alpha value is -1.36. The third kappa shape index (κ3) is 4.84. The fourth-order valence-electron chi connectivity index (χ4n) is 2.81. The molecule has 21 heavy (non-hydrogen) atoms. The van der Waals surface area contributed by atoms with Gasteiger partial charge in [0, 0.05) is 23.1 Å². The molecule has 4 nitrogen and oxygen atoms in total. The van der Waals surface area contributed by atoms with Crippen LogP contribution in [0.2, 0.25) is 0 Å². The van der Waals surface area contributed by atoms with E-state index in [-0.39, 0.29) is 24.4 Å². The van der Waals surface area contributed by atoms with Crippen molar-refractivity contribution in [2.24, 2.45) is 0 Å². The van der Waals surface area contributed by atoms with Crippen LogP contribution in [0.25, 0.3) is 0 Å². The van der Waals surface area contributed by atoms with E-state index in [2.05, 4.69) is 21.2 Å². The van der Waals surface area contributed by atoms with Gasteiger partial charge in [0.05, 0.1) is 0 Å². The molecule has 0 atom stereocenters. The summed E-state index contributed by atoms with van der Waals surface area (Å²) in [5.41, 5.74) is 0.738. The van der Waals surface area contributed by atoms with E-state index in [4.69, 9.17) is 0 Å². The number of nitrogens with one attached hydrogen (secondary N) is 1. The maximum Gasteiger partial charge on any atom is 0.244 e. The van der Waals surface area contributed by atoms with Crippen LogP contribution in [0.4, 0.5) is 5.69 Å². The fraction of sp³-hybridized carbons (Fsp3) is 0.500. The van der Waals surface area contributed by atoms with Crippen molar-refractivity contribution in [1.29, 1.82) is 0 Å². The van der Waals surface area contributed by atoms with Crippen molar-refractivity contribution in [2.45, 2.75) is 45.1 Å². The van der Waals surface area contributed by atoms with Crippen LogP contribution in [-0.4, -0.2) is 29.3 Å². The van der Waals surface area contributed by atoms with E-state index < -0.39 is 0 Å². The average molecular weight is 353 g/mol. The van der Waals surface area contributed by atoms with Gasteiger partial charge in [-0.1, -0.05) is 41.3 Å². The molecule has 5 heteroatoms. The largest absolute Gasteiger partial charge is 0.331 e. The Balaban J connectivity index is 1.96. The molecule has 2 rings (SSSR count). The first-order valence-electron chi connectivity index (χ1n) is 7.39. The predicted octanol–water partition coefficient (Wildman–Crippen LogP) is 3.57. The molecule has 0 heterocycles. The maximum absolute atomic E-state index is 12.2. The van der Waals surface area contributed by atoms with Crippen molar-refractivity contribution in [3.63, 3.8) is 0 Å². The number of halogens is 1. The van der Waals surface area contributed by atoms with Crippen LogP contribution in [0.5, 0.6) is 0 Å². The van der Waals surface area contributed by atoms with E-state index in [1.807, 2.05) is 24.3 Å². The molecule has 0 bridgehead atoms. The summed E-state index contributed by atoms with van der Waals surface area (Å²) in [6.45, 7) is 1.67. The van der Waals surface area contributed by atoms with Crippen LogP contribution >= 0.6 is 15.9 Å². The van der Waals surface area contributed by atoms with Crippen LogP contribution in [0, 0.1) is 0 Å². The van der Waals surface area contributed by atoms with Crippen LogP contribution in [0.1, 0.15) is 39.0 Å². The number of rotatable bonds is 4. The van der Waals surface area contributed by atoms with Crippen molar-refractivity contribution in [2.75, 3.05) is 11.9 Å². The zero-order valence-corrected chi connectivity index (χ0v) is 13.9. The molecule has 1 aliphatic carbocycles. The van der Waals surface area contributed by atoms with E-state index >= 15 is 0 Å². The van der Waals surface area contributed by atoms with Crippen molar-refractivity contribution in [3.05, 3.63) is 28.7 Å². The Morgan fingerprint density at radius 2 is 2.00 bits per heavy atom. The standard InChI is InChI=1S/C16H21BrN2O2/c1-12(20)19(15-8-3-2-4-9-15)11-16(21)18-14-7-5-6-13(17)10-14/h5-7,10,15H,2-4,8-9,11H2,1H3,(H,18,21). The molecule has 0 aromatic heterocycles. The molecule has 114 valence electrons. The molecule has 1 aromatic carbocycles. The van der Waals surface area contributed by atoms with Crippen LogP contribution in [-0.2, 0) is 9.59 Å². The van der Waals surface area contributed by atoms with Crippen molar-refractivity contribution < 1.29 is 9.59 Å². The zero-order chi connectivity index (χ0) is 15.2. The van der Waals surface area contributed by atoms with Gasteiger partial charge in [-0.05, 0) is 31.0 Å². The van der Waals surface area contributed by atoms with E-state index in [1.54, 1.807) is 11.8 Å². The molecule has 1 N–H and O–H groups in total. The number of hydrogen-bond donors (Lipinski definition) is 1. The van der Waals surface area contributed by atoms with E-state index in [9.17, 15) is 9.59 Å². The summed E-state index contributed by atoms with van der Waals surface area (Å²) in [7, 11) is 0. The van der Waals surface area contributed by atoms with Gasteiger partial charge in [-0.3, -0.25) is 9.59 Å². The number of benzene rings is 1. The summed E-state index contributed by atoms with van der Waals surface area (Å²) in [5, 5.41) is 2.84. The highest BCUT2D eigenvalue weighted by molar-refractivity contribution is 9.10. The lowest BCUT2D eigenvalue weighted by Gasteiger charge is -2.33. The number of anilines is 1. The van der Waals surface area contributed by atoms with Gasteiger partial charge in [0.25, 0.3) is 0 Å². The third-order valence-electron chi connectivity index (χ3n) is 3.84. The van der Waals surface area contributed by atoms with E-state index in [0.29, 0.717) is 0 Å². The molecular weight excluding hydrogens is 332 g/mol. The smallest absolute Gasteiger partial charge is 0.244 e. The number of hydrogen-bond acceptors (Lipinski definition) is 2. The summed E-state index contributed by atoms with van der Waals surface area (Å²) >= 11 is 3.37. The molecule has 0 unspecified atom stereocenters. The van der Waals surface area contributed by atoms with E-state index in [1.165, 1.54) is 6.42 Å². The second-order valence-corrected chi connectivity index (χ2v) is 6.41. The van der Waals surface area contributed by atoms with Gasteiger partial charge in [0.1, 0.15) is 6.54 Å². The Morgan fingerprint density at radius 1 is 1.29 bits per heavy atom. The lowest BCUT2D eigenvalue weighted by Crippen LogP contribution is -2.44. The van der Waals surface area contributed by atoms with Crippen molar-refractivity contribution in [1.82, 2.24) is 4.90 Å². The Labute approximate surface area is 134 Å². The first-order valence-corrected chi connectivity index (χ1v) is 8.18. The Morgan fingerprint density at radius 3 is 2.62 bits per heavy atom. The van der Waals surface area contributed by atoms with Gasteiger partial charge in [-0.15, -0.1) is 0 Å². The summed E-state index contributed by atoms with van der Waals surface area (Å²) in [6.07, 6.45) is 5.52. The highest BCUT2D eigenvalue weighted by Gasteiger charge is 2.24. The minimum atomic E-state index is -0.145. The van der Waals surface area contributed by atoms with Gasteiger partial charge in [0.2, 0.25) is 11.8 Å². The second kappa shape index (κ2) is 7.59. The molecule has 0 radical (unpaired) electrons. The normalized spacial score (nSPS) is 15.5. The number of carbonyl (C=O) groups is 2. The fourth-order valence-corrected chi connectivity index (χ4v) is 3.21. The summed E-state index contributed by atoms with van der Waals surface area (Å²) in [4.78, 5) is 25.7. The molecule has 1 saturated carbocycles. The van der Waals surface area contributed by atoms with Gasteiger partial charge < -0.3 is 10.2 Å². The maximum atomic E-state index is 12.2. The third-order valence-corrected chi connectivity index (χ3v) is 4.34. The lowest BCUT2D eigenvalue weighted by molar-refractivity contribution is -0.135. The first kappa shape index (κ1) is 16.0. The lowest BCUT2D eigenvalue weighted by atomic mass is 9.94. The zero-order valence-electron chi connectivity index (χ0n) is 12.3. The number of nitrogens with zero attached hydrogens (tertiary/aromatic N) is 1. The monoisotopic (exact) mass is 352 g/mol. The Bertz CT molecular complexity index is 513. The summed E-state index contributed by atoms with van der Waals surface area (Å²) in [5.74, 6) is -0.167. The quantitative estimate of drug-likeness (QED) is 0.900. The highest BCUT2D eigenvalue weighted by Crippen LogP contribution is 2.23. The first-order chi connectivity index (χ1) is 10.1.